The summed E-state index contributed by atoms with van der Waals surface area (Å²) in [7, 11) is 1.83. The fourth-order valence-corrected chi connectivity index (χ4v) is 3.03. The molecule has 0 unspecified atom stereocenters. The quantitative estimate of drug-likeness (QED) is 0.817. The molecule has 3 nitrogen and oxygen atoms in total. The molecule has 2 heterocycles. The van der Waals surface area contributed by atoms with E-state index in [4.69, 9.17) is 0 Å². The van der Waals surface area contributed by atoms with E-state index in [0.717, 1.165) is 16.6 Å². The molecule has 2 rings (SSSR count). The number of halogens is 1. The van der Waals surface area contributed by atoms with Crippen molar-refractivity contribution in [1.82, 2.24) is 9.78 Å². The van der Waals surface area contributed by atoms with Gasteiger partial charge in [-0.15, -0.1) is 0 Å². The summed E-state index contributed by atoms with van der Waals surface area (Å²) in [6, 6.07) is 0. The second-order valence-corrected chi connectivity index (χ2v) is 5.08. The number of thiophene rings is 1. The normalized spacial score (nSPS) is 10.7. The highest BCUT2D eigenvalue weighted by molar-refractivity contribution is 9.10. The van der Waals surface area contributed by atoms with Gasteiger partial charge < -0.3 is 0 Å². The Morgan fingerprint density at radius 1 is 1.50 bits per heavy atom. The highest BCUT2D eigenvalue weighted by atomic mass is 79.9. The van der Waals surface area contributed by atoms with Crippen LogP contribution in [-0.4, -0.2) is 15.6 Å². The van der Waals surface area contributed by atoms with Crippen molar-refractivity contribution in [2.24, 2.45) is 7.05 Å². The second-order valence-electron chi connectivity index (χ2n) is 3.48. The van der Waals surface area contributed by atoms with Gasteiger partial charge in [0.05, 0.1) is 11.3 Å². The van der Waals surface area contributed by atoms with Crippen LogP contribution in [0, 0.1) is 0 Å². The van der Waals surface area contributed by atoms with E-state index < -0.39 is 0 Å². The van der Waals surface area contributed by atoms with Crippen molar-refractivity contribution in [2.45, 2.75) is 13.3 Å². The summed E-state index contributed by atoms with van der Waals surface area (Å²) < 4.78 is 2.54. The molecule has 16 heavy (non-hydrogen) atoms. The maximum Gasteiger partial charge on any atom is 0.198 e. The van der Waals surface area contributed by atoms with Crippen LogP contribution in [0.2, 0.25) is 0 Å². The molecule has 2 aromatic heterocycles. The molecule has 0 aromatic carbocycles. The molecular formula is C11H11BrN2OS. The highest BCUT2D eigenvalue weighted by Gasteiger charge is 2.18. The SMILES string of the molecule is CCc1nn(C)cc1C(=O)c1cscc1Br. The van der Waals surface area contributed by atoms with Crippen LogP contribution in [0.15, 0.2) is 21.4 Å². The Morgan fingerprint density at radius 2 is 2.25 bits per heavy atom. The van der Waals surface area contributed by atoms with Crippen molar-refractivity contribution in [3.63, 3.8) is 0 Å². The fourth-order valence-electron chi connectivity index (χ4n) is 1.57. The summed E-state index contributed by atoms with van der Waals surface area (Å²) >= 11 is 4.89. The molecule has 0 aliphatic carbocycles. The van der Waals surface area contributed by atoms with Gasteiger partial charge in [-0.05, 0) is 22.4 Å². The third-order valence-electron chi connectivity index (χ3n) is 2.34. The average Bonchev–Trinajstić information content (AvgIpc) is 2.83. The molecule has 0 amide bonds. The zero-order valence-corrected chi connectivity index (χ0v) is 11.4. The zero-order valence-electron chi connectivity index (χ0n) is 9.03. The van der Waals surface area contributed by atoms with Crippen LogP contribution < -0.4 is 0 Å². The van der Waals surface area contributed by atoms with Crippen LogP contribution in [0.4, 0.5) is 0 Å². The topological polar surface area (TPSA) is 34.9 Å². The lowest BCUT2D eigenvalue weighted by Gasteiger charge is -1.97. The van der Waals surface area contributed by atoms with Crippen molar-refractivity contribution in [3.8, 4) is 0 Å². The summed E-state index contributed by atoms with van der Waals surface area (Å²) in [5, 5.41) is 8.05. The molecule has 0 saturated carbocycles. The van der Waals surface area contributed by atoms with Gasteiger partial charge in [-0.2, -0.15) is 16.4 Å². The van der Waals surface area contributed by atoms with Gasteiger partial charge in [0.2, 0.25) is 0 Å². The van der Waals surface area contributed by atoms with E-state index in [1.54, 1.807) is 10.9 Å². The molecule has 0 fully saturated rings. The van der Waals surface area contributed by atoms with E-state index in [9.17, 15) is 4.79 Å². The van der Waals surface area contributed by atoms with Crippen molar-refractivity contribution < 1.29 is 4.79 Å². The van der Waals surface area contributed by atoms with Gasteiger partial charge in [-0.3, -0.25) is 9.48 Å². The number of carbonyl (C=O) groups is 1. The molecule has 5 heteroatoms. The molecule has 0 radical (unpaired) electrons. The third kappa shape index (κ3) is 1.97. The van der Waals surface area contributed by atoms with Crippen molar-refractivity contribution in [3.05, 3.63) is 38.3 Å². The van der Waals surface area contributed by atoms with Gasteiger partial charge in [-0.25, -0.2) is 0 Å². The Kier molecular flexibility index (Phi) is 3.25. The smallest absolute Gasteiger partial charge is 0.198 e. The molecule has 0 saturated heterocycles. The summed E-state index contributed by atoms with van der Waals surface area (Å²) in [6.07, 6.45) is 2.55. The van der Waals surface area contributed by atoms with Gasteiger partial charge in [0.1, 0.15) is 0 Å². The summed E-state index contributed by atoms with van der Waals surface area (Å²) in [5.74, 6) is 0.0399. The number of hydrogen-bond acceptors (Lipinski definition) is 3. The lowest BCUT2D eigenvalue weighted by Crippen LogP contribution is -2.02. The van der Waals surface area contributed by atoms with Crippen LogP contribution in [-0.2, 0) is 13.5 Å². The summed E-state index contributed by atoms with van der Waals surface area (Å²) in [6.45, 7) is 2.00. The monoisotopic (exact) mass is 298 g/mol. The maximum absolute atomic E-state index is 12.2. The molecule has 0 bridgehead atoms. The Bertz CT molecular complexity index is 530. The number of nitrogens with zero attached hydrogens (tertiary/aromatic N) is 2. The number of aryl methyl sites for hydroxylation is 2. The van der Waals surface area contributed by atoms with Crippen LogP contribution in [0.25, 0.3) is 0 Å². The first-order chi connectivity index (χ1) is 7.63. The Labute approximate surface area is 106 Å². The van der Waals surface area contributed by atoms with Gasteiger partial charge in [0.15, 0.2) is 5.78 Å². The number of rotatable bonds is 3. The Balaban J connectivity index is 2.45. The van der Waals surface area contributed by atoms with Gasteiger partial charge in [-0.1, -0.05) is 6.92 Å². The minimum atomic E-state index is 0.0399. The zero-order chi connectivity index (χ0) is 11.7. The highest BCUT2D eigenvalue weighted by Crippen LogP contribution is 2.25. The Hall–Kier alpha value is -0.940. The molecule has 0 aliphatic rings. The van der Waals surface area contributed by atoms with E-state index in [0.29, 0.717) is 11.1 Å². The molecule has 0 aliphatic heterocycles. The van der Waals surface area contributed by atoms with Gasteiger partial charge >= 0.3 is 0 Å². The van der Waals surface area contributed by atoms with Crippen LogP contribution in [0.5, 0.6) is 0 Å². The Morgan fingerprint density at radius 3 is 2.81 bits per heavy atom. The molecule has 2 aromatic rings. The van der Waals surface area contributed by atoms with E-state index in [2.05, 4.69) is 21.0 Å². The first kappa shape index (κ1) is 11.5. The predicted octanol–water partition coefficient (Wildman–Crippen LogP) is 3.04. The molecular weight excluding hydrogens is 288 g/mol. The minimum absolute atomic E-state index is 0.0399. The van der Waals surface area contributed by atoms with E-state index >= 15 is 0 Å². The van der Waals surface area contributed by atoms with E-state index in [-0.39, 0.29) is 5.78 Å². The lowest BCUT2D eigenvalue weighted by molar-refractivity contribution is 0.103. The van der Waals surface area contributed by atoms with Crippen LogP contribution in [0.1, 0.15) is 28.5 Å². The standard InChI is InChI=1S/C11H11BrN2OS/c1-3-10-7(4-14(2)13-10)11(15)8-5-16-6-9(8)12/h4-6H,3H2,1-2H3. The number of carbonyl (C=O) groups excluding carboxylic acids is 1. The number of ketones is 1. The largest absolute Gasteiger partial charge is 0.288 e. The number of hydrogen-bond donors (Lipinski definition) is 0. The van der Waals surface area contributed by atoms with Crippen molar-refractivity contribution in [2.75, 3.05) is 0 Å². The van der Waals surface area contributed by atoms with Gasteiger partial charge in [0.25, 0.3) is 0 Å². The molecule has 0 N–H and O–H groups in total. The summed E-state index contributed by atoms with van der Waals surface area (Å²) in [5.41, 5.74) is 2.27. The average molecular weight is 299 g/mol. The van der Waals surface area contributed by atoms with E-state index in [1.807, 2.05) is 24.7 Å². The fraction of sp³-hybridized carbons (Fsp3) is 0.273. The van der Waals surface area contributed by atoms with Crippen molar-refractivity contribution in [1.29, 1.82) is 0 Å². The number of aromatic nitrogens is 2. The molecule has 0 spiro atoms. The van der Waals surface area contributed by atoms with Crippen LogP contribution >= 0.6 is 27.3 Å². The first-order valence-electron chi connectivity index (χ1n) is 4.92. The van der Waals surface area contributed by atoms with Crippen LogP contribution in [0.3, 0.4) is 0 Å². The van der Waals surface area contributed by atoms with Crippen molar-refractivity contribution >= 4 is 33.0 Å². The van der Waals surface area contributed by atoms with Gasteiger partial charge in [0, 0.05) is 34.0 Å². The van der Waals surface area contributed by atoms with E-state index in [1.165, 1.54) is 11.3 Å². The molecule has 84 valence electrons. The first-order valence-corrected chi connectivity index (χ1v) is 6.66. The maximum atomic E-state index is 12.2. The lowest BCUT2D eigenvalue weighted by atomic mass is 10.1. The minimum Gasteiger partial charge on any atom is -0.288 e. The predicted molar refractivity (Wildman–Crippen MR) is 68.0 cm³/mol. The second kappa shape index (κ2) is 4.51. The summed E-state index contributed by atoms with van der Waals surface area (Å²) in [4.78, 5) is 12.2. The molecule has 0 atom stereocenters. The third-order valence-corrected chi connectivity index (χ3v) is 4.05.